The molecule has 7 heteroatoms. The molecule has 0 fully saturated rings. The second-order valence-corrected chi connectivity index (χ2v) is 7.16. The van der Waals surface area contributed by atoms with Crippen molar-refractivity contribution in [2.75, 3.05) is 7.05 Å². The molecule has 0 saturated heterocycles. The number of sulfonamides is 1. The molecule has 1 N–H and O–H groups in total. The third-order valence-corrected chi connectivity index (χ3v) is 5.56. The van der Waals surface area contributed by atoms with Gasteiger partial charge in [-0.15, -0.1) is 0 Å². The molecule has 0 bridgehead atoms. The van der Waals surface area contributed by atoms with Crippen molar-refractivity contribution >= 4 is 16.0 Å². The van der Waals surface area contributed by atoms with Crippen LogP contribution in [0.3, 0.4) is 0 Å². The number of hydrogen-bond acceptors (Lipinski definition) is 3. The number of aromatic nitrogens is 1. The predicted octanol–water partition coefficient (Wildman–Crippen LogP) is 1.87. The van der Waals surface area contributed by atoms with Gasteiger partial charge in [-0.25, -0.2) is 13.2 Å². The maximum Gasteiger partial charge on any atom is 0.352 e. The van der Waals surface area contributed by atoms with Crippen LogP contribution in [-0.4, -0.2) is 41.5 Å². The van der Waals surface area contributed by atoms with E-state index in [2.05, 4.69) is 0 Å². The van der Waals surface area contributed by atoms with E-state index in [-0.39, 0.29) is 22.5 Å². The third kappa shape index (κ3) is 3.04. The summed E-state index contributed by atoms with van der Waals surface area (Å²) in [6.07, 6.45) is 1.38. The van der Waals surface area contributed by atoms with Crippen LogP contribution in [0.4, 0.5) is 0 Å². The lowest BCUT2D eigenvalue weighted by molar-refractivity contribution is 0.0685. The summed E-state index contributed by atoms with van der Waals surface area (Å²) in [6, 6.07) is 1.04. The monoisotopic (exact) mass is 302 g/mol. The zero-order valence-corrected chi connectivity index (χ0v) is 13.3. The molecular formula is C13H22N2O4S. The van der Waals surface area contributed by atoms with Gasteiger partial charge in [0, 0.05) is 25.8 Å². The molecule has 1 aromatic heterocycles. The summed E-state index contributed by atoms with van der Waals surface area (Å²) in [7, 11) is -2.16. The van der Waals surface area contributed by atoms with E-state index in [9.17, 15) is 13.2 Å². The van der Waals surface area contributed by atoms with Crippen molar-refractivity contribution in [2.45, 2.75) is 45.2 Å². The topological polar surface area (TPSA) is 79.6 Å². The molecule has 0 radical (unpaired) electrons. The number of carbonyl (C=O) groups is 1. The van der Waals surface area contributed by atoms with Crippen molar-refractivity contribution in [1.29, 1.82) is 0 Å². The van der Waals surface area contributed by atoms with E-state index in [1.165, 1.54) is 28.2 Å². The Morgan fingerprint density at radius 1 is 1.40 bits per heavy atom. The summed E-state index contributed by atoms with van der Waals surface area (Å²) in [6.45, 7) is 7.88. The maximum absolute atomic E-state index is 12.5. The van der Waals surface area contributed by atoms with E-state index >= 15 is 0 Å². The standard InChI is InChI=1S/C13H22N2O4S/c1-6-15-8-11(7-12(15)13(16)17)20(18,19)14(5)10(4)9(2)3/h7-10H,6H2,1-5H3,(H,16,17). The molecule has 1 aromatic rings. The highest BCUT2D eigenvalue weighted by atomic mass is 32.2. The largest absolute Gasteiger partial charge is 0.477 e. The first-order valence-electron chi connectivity index (χ1n) is 6.54. The number of nitrogens with zero attached hydrogens (tertiary/aromatic N) is 2. The van der Waals surface area contributed by atoms with Crippen LogP contribution >= 0.6 is 0 Å². The summed E-state index contributed by atoms with van der Waals surface area (Å²) >= 11 is 0. The van der Waals surface area contributed by atoms with Crippen molar-refractivity contribution < 1.29 is 18.3 Å². The summed E-state index contributed by atoms with van der Waals surface area (Å²) in [4.78, 5) is 11.1. The highest BCUT2D eigenvalue weighted by Gasteiger charge is 2.29. The first kappa shape index (κ1) is 16.7. The number of carboxylic acids is 1. The van der Waals surface area contributed by atoms with E-state index in [1.54, 1.807) is 6.92 Å². The maximum atomic E-state index is 12.5. The molecule has 1 unspecified atom stereocenters. The Kier molecular flexibility index (Phi) is 4.99. The fourth-order valence-corrected chi connectivity index (χ4v) is 3.41. The Morgan fingerprint density at radius 3 is 2.30 bits per heavy atom. The molecule has 1 rings (SSSR count). The second-order valence-electron chi connectivity index (χ2n) is 5.16. The third-order valence-electron chi connectivity index (χ3n) is 3.65. The predicted molar refractivity (Wildman–Crippen MR) is 76.3 cm³/mol. The molecular weight excluding hydrogens is 280 g/mol. The first-order chi connectivity index (χ1) is 9.12. The molecule has 0 aliphatic carbocycles. The van der Waals surface area contributed by atoms with Crippen LogP contribution < -0.4 is 0 Å². The van der Waals surface area contributed by atoms with Crippen molar-refractivity contribution in [3.8, 4) is 0 Å². The minimum absolute atomic E-state index is 0.0170. The molecule has 20 heavy (non-hydrogen) atoms. The van der Waals surface area contributed by atoms with Gasteiger partial charge < -0.3 is 9.67 Å². The zero-order chi connectivity index (χ0) is 15.7. The quantitative estimate of drug-likeness (QED) is 0.870. The lowest BCUT2D eigenvalue weighted by Crippen LogP contribution is -2.38. The lowest BCUT2D eigenvalue weighted by atomic mass is 10.1. The number of carboxylic acid groups (broad SMARTS) is 1. The number of rotatable bonds is 6. The Bertz CT molecular complexity index is 590. The van der Waals surface area contributed by atoms with Crippen LogP contribution in [0.2, 0.25) is 0 Å². The molecule has 0 aliphatic rings. The summed E-state index contributed by atoms with van der Waals surface area (Å²) < 4.78 is 27.7. The summed E-state index contributed by atoms with van der Waals surface area (Å²) in [5, 5.41) is 9.08. The van der Waals surface area contributed by atoms with Crippen LogP contribution in [0.5, 0.6) is 0 Å². The van der Waals surface area contributed by atoms with Crippen LogP contribution in [0.1, 0.15) is 38.2 Å². The van der Waals surface area contributed by atoms with Gasteiger partial charge in [0.25, 0.3) is 0 Å². The Morgan fingerprint density at radius 2 is 1.95 bits per heavy atom. The second kappa shape index (κ2) is 5.97. The number of aryl methyl sites for hydroxylation is 1. The van der Waals surface area contributed by atoms with E-state index < -0.39 is 16.0 Å². The fraction of sp³-hybridized carbons (Fsp3) is 0.615. The lowest BCUT2D eigenvalue weighted by Gasteiger charge is -2.26. The molecule has 0 aromatic carbocycles. The normalized spacial score (nSPS) is 13.9. The SMILES string of the molecule is CCn1cc(S(=O)(=O)N(C)C(C)C(C)C)cc1C(=O)O. The highest BCUT2D eigenvalue weighted by Crippen LogP contribution is 2.22. The van der Waals surface area contributed by atoms with E-state index in [1.807, 2.05) is 20.8 Å². The minimum atomic E-state index is -3.68. The number of aromatic carboxylic acids is 1. The van der Waals surface area contributed by atoms with Gasteiger partial charge in [0.15, 0.2) is 0 Å². The van der Waals surface area contributed by atoms with Gasteiger partial charge in [-0.2, -0.15) is 4.31 Å². The average molecular weight is 302 g/mol. The van der Waals surface area contributed by atoms with Gasteiger partial charge in [-0.05, 0) is 25.8 Å². The highest BCUT2D eigenvalue weighted by molar-refractivity contribution is 7.89. The van der Waals surface area contributed by atoms with Crippen LogP contribution in [0, 0.1) is 5.92 Å². The van der Waals surface area contributed by atoms with Crippen molar-refractivity contribution in [2.24, 2.45) is 5.92 Å². The Labute approximate surface area is 120 Å². The molecule has 6 nitrogen and oxygen atoms in total. The van der Waals surface area contributed by atoms with Gasteiger partial charge in [-0.3, -0.25) is 0 Å². The molecule has 1 heterocycles. The average Bonchev–Trinajstić information content (AvgIpc) is 2.81. The van der Waals surface area contributed by atoms with Gasteiger partial charge in [0.2, 0.25) is 10.0 Å². The van der Waals surface area contributed by atoms with Gasteiger partial charge >= 0.3 is 5.97 Å². The van der Waals surface area contributed by atoms with Crippen molar-refractivity contribution in [3.63, 3.8) is 0 Å². The zero-order valence-electron chi connectivity index (χ0n) is 12.5. The first-order valence-corrected chi connectivity index (χ1v) is 7.98. The molecule has 0 spiro atoms. The van der Waals surface area contributed by atoms with E-state index in [0.717, 1.165) is 0 Å². The molecule has 1 atom stereocenters. The molecule has 0 aliphatic heterocycles. The van der Waals surface area contributed by atoms with Crippen molar-refractivity contribution in [3.05, 3.63) is 18.0 Å². The number of hydrogen-bond donors (Lipinski definition) is 1. The van der Waals surface area contributed by atoms with Gasteiger partial charge in [0.05, 0.1) is 0 Å². The van der Waals surface area contributed by atoms with Crippen LogP contribution in [0.15, 0.2) is 17.2 Å². The molecule has 114 valence electrons. The molecule has 0 saturated carbocycles. The Balaban J connectivity index is 3.26. The summed E-state index contributed by atoms with van der Waals surface area (Å²) in [5.74, 6) is -0.963. The summed E-state index contributed by atoms with van der Waals surface area (Å²) in [5.41, 5.74) is -0.0170. The van der Waals surface area contributed by atoms with Gasteiger partial charge in [0.1, 0.15) is 10.6 Å². The van der Waals surface area contributed by atoms with Crippen LogP contribution in [0.25, 0.3) is 0 Å². The van der Waals surface area contributed by atoms with E-state index in [4.69, 9.17) is 5.11 Å². The fourth-order valence-electron chi connectivity index (χ4n) is 1.87. The molecule has 0 amide bonds. The van der Waals surface area contributed by atoms with Gasteiger partial charge in [-0.1, -0.05) is 13.8 Å². The minimum Gasteiger partial charge on any atom is -0.477 e. The van der Waals surface area contributed by atoms with Crippen molar-refractivity contribution in [1.82, 2.24) is 8.87 Å². The van der Waals surface area contributed by atoms with E-state index in [0.29, 0.717) is 6.54 Å². The smallest absolute Gasteiger partial charge is 0.352 e. The Hall–Kier alpha value is -1.34. The van der Waals surface area contributed by atoms with Crippen LogP contribution in [-0.2, 0) is 16.6 Å².